The van der Waals surface area contributed by atoms with Gasteiger partial charge in [0.1, 0.15) is 19.3 Å². The molecule has 0 aliphatic heterocycles. The molecular formula is C73H142O17P2. The highest BCUT2D eigenvalue weighted by atomic mass is 31.2. The minimum absolute atomic E-state index is 0.104. The fourth-order valence-corrected chi connectivity index (χ4v) is 12.6. The zero-order valence-electron chi connectivity index (χ0n) is 60.2. The second kappa shape index (κ2) is 62.6. The molecule has 4 unspecified atom stereocenters. The molecule has 0 amide bonds. The Morgan fingerprint density at radius 3 is 0.772 bits per heavy atom. The number of unbranched alkanes of at least 4 members (excludes halogenated alkanes) is 35. The van der Waals surface area contributed by atoms with E-state index in [4.69, 9.17) is 37.0 Å². The minimum atomic E-state index is -4.96. The summed E-state index contributed by atoms with van der Waals surface area (Å²) in [6.07, 6.45) is 45.8. The molecule has 0 aromatic heterocycles. The summed E-state index contributed by atoms with van der Waals surface area (Å²) in [6.45, 7) is 14.1. The van der Waals surface area contributed by atoms with E-state index in [0.717, 1.165) is 114 Å². The molecule has 0 spiro atoms. The SMILES string of the molecule is CCC(C)CCCCCCCCCCCCC(=O)O[C@H](COC(=O)CCCCCCCCCCCCCCCC(C)C)COP(=O)(O)OCC(O)COP(=O)(O)OC[C@@H](COC(=O)CCCCCCCCCC(C)C)OC(=O)CCCCCCCCCCCC(C)C. The van der Waals surface area contributed by atoms with E-state index in [0.29, 0.717) is 31.6 Å². The molecule has 17 nitrogen and oxygen atoms in total. The second-order valence-corrected chi connectivity index (χ2v) is 30.9. The Balaban J connectivity index is 5.26. The van der Waals surface area contributed by atoms with Gasteiger partial charge in [0.25, 0.3) is 0 Å². The maximum absolute atomic E-state index is 13.1. The van der Waals surface area contributed by atoms with Crippen molar-refractivity contribution in [2.24, 2.45) is 23.7 Å². The van der Waals surface area contributed by atoms with Gasteiger partial charge in [-0.25, -0.2) is 9.13 Å². The lowest BCUT2D eigenvalue weighted by Crippen LogP contribution is -2.30. The Labute approximate surface area is 562 Å². The van der Waals surface area contributed by atoms with E-state index in [1.54, 1.807) is 0 Å². The van der Waals surface area contributed by atoms with Crippen LogP contribution in [0.3, 0.4) is 0 Å². The van der Waals surface area contributed by atoms with Gasteiger partial charge < -0.3 is 33.8 Å². The van der Waals surface area contributed by atoms with Crippen molar-refractivity contribution in [3.63, 3.8) is 0 Å². The number of carbonyl (C=O) groups is 4. The van der Waals surface area contributed by atoms with E-state index in [1.165, 1.54) is 161 Å². The normalized spacial score (nSPS) is 14.5. The topological polar surface area (TPSA) is 237 Å². The van der Waals surface area contributed by atoms with Gasteiger partial charge >= 0.3 is 39.5 Å². The third kappa shape index (κ3) is 65.4. The molecule has 92 heavy (non-hydrogen) atoms. The number of aliphatic hydroxyl groups excluding tert-OH is 1. The molecule has 0 aliphatic rings. The van der Waals surface area contributed by atoms with Crippen molar-refractivity contribution in [1.29, 1.82) is 0 Å². The van der Waals surface area contributed by atoms with Crippen molar-refractivity contribution in [3.8, 4) is 0 Å². The molecule has 0 aromatic rings. The molecule has 0 aromatic carbocycles. The summed E-state index contributed by atoms with van der Waals surface area (Å²) < 4.78 is 68.4. The zero-order chi connectivity index (χ0) is 68.2. The van der Waals surface area contributed by atoms with Crippen LogP contribution in [0.25, 0.3) is 0 Å². The van der Waals surface area contributed by atoms with Crippen LogP contribution >= 0.6 is 15.6 Å². The first-order valence-corrected chi connectivity index (χ1v) is 40.7. The van der Waals surface area contributed by atoms with Gasteiger partial charge in [0.05, 0.1) is 26.4 Å². The maximum atomic E-state index is 13.1. The highest BCUT2D eigenvalue weighted by molar-refractivity contribution is 7.47. The van der Waals surface area contributed by atoms with Gasteiger partial charge in [0.2, 0.25) is 0 Å². The lowest BCUT2D eigenvalue weighted by atomic mass is 9.99. The molecule has 3 N–H and O–H groups in total. The number of carbonyl (C=O) groups excluding carboxylic acids is 4. The maximum Gasteiger partial charge on any atom is 0.472 e. The van der Waals surface area contributed by atoms with E-state index in [-0.39, 0.29) is 25.7 Å². The van der Waals surface area contributed by atoms with Gasteiger partial charge in [-0.05, 0) is 49.4 Å². The lowest BCUT2D eigenvalue weighted by molar-refractivity contribution is -0.161. The highest BCUT2D eigenvalue weighted by Gasteiger charge is 2.30. The van der Waals surface area contributed by atoms with Crippen molar-refractivity contribution in [2.75, 3.05) is 39.6 Å². The highest BCUT2D eigenvalue weighted by Crippen LogP contribution is 2.45. The number of hydrogen-bond acceptors (Lipinski definition) is 15. The quantitative estimate of drug-likeness (QED) is 0.0222. The third-order valence-electron chi connectivity index (χ3n) is 17.2. The van der Waals surface area contributed by atoms with Crippen LogP contribution in [-0.4, -0.2) is 96.7 Å². The molecular weight excluding hydrogens is 1210 g/mol. The van der Waals surface area contributed by atoms with Crippen molar-refractivity contribution >= 4 is 39.5 Å². The van der Waals surface area contributed by atoms with Crippen LogP contribution in [0, 0.1) is 23.7 Å². The molecule has 0 rings (SSSR count). The van der Waals surface area contributed by atoms with E-state index < -0.39 is 97.5 Å². The lowest BCUT2D eigenvalue weighted by Gasteiger charge is -2.21. The molecule has 0 heterocycles. The molecule has 0 radical (unpaired) electrons. The fraction of sp³-hybridized carbons (Fsp3) is 0.945. The van der Waals surface area contributed by atoms with Crippen LogP contribution in [0.4, 0.5) is 0 Å². The van der Waals surface area contributed by atoms with E-state index >= 15 is 0 Å². The van der Waals surface area contributed by atoms with Crippen molar-refractivity contribution in [1.82, 2.24) is 0 Å². The summed E-state index contributed by atoms with van der Waals surface area (Å²) >= 11 is 0. The second-order valence-electron chi connectivity index (χ2n) is 28.0. The Kier molecular flexibility index (Phi) is 61.3. The summed E-state index contributed by atoms with van der Waals surface area (Å²) in [5.74, 6) is 0.910. The molecule has 0 saturated carbocycles. The van der Waals surface area contributed by atoms with Crippen LogP contribution < -0.4 is 0 Å². The Morgan fingerprint density at radius 2 is 0.522 bits per heavy atom. The number of ether oxygens (including phenoxy) is 4. The summed E-state index contributed by atoms with van der Waals surface area (Å²) in [7, 11) is -9.91. The number of phosphoric acid groups is 2. The van der Waals surface area contributed by atoms with Crippen LogP contribution in [0.15, 0.2) is 0 Å². The van der Waals surface area contributed by atoms with E-state index in [9.17, 15) is 43.2 Å². The number of aliphatic hydroxyl groups is 1. The van der Waals surface area contributed by atoms with Crippen LogP contribution in [0.5, 0.6) is 0 Å². The van der Waals surface area contributed by atoms with E-state index in [1.807, 2.05) is 0 Å². The average molecular weight is 1350 g/mol. The summed E-state index contributed by atoms with van der Waals surface area (Å²) in [5.41, 5.74) is 0. The smallest absolute Gasteiger partial charge is 0.462 e. The molecule has 19 heteroatoms. The molecule has 0 aliphatic carbocycles. The molecule has 6 atom stereocenters. The Morgan fingerprint density at radius 1 is 0.304 bits per heavy atom. The minimum Gasteiger partial charge on any atom is -0.462 e. The average Bonchev–Trinajstić information content (AvgIpc) is 2.53. The number of esters is 4. The number of rotatable bonds is 70. The van der Waals surface area contributed by atoms with Crippen molar-refractivity contribution in [2.45, 2.75) is 382 Å². The monoisotopic (exact) mass is 1350 g/mol. The summed E-state index contributed by atoms with van der Waals surface area (Å²) in [4.78, 5) is 72.7. The van der Waals surface area contributed by atoms with Crippen LogP contribution in [0.2, 0.25) is 0 Å². The molecule has 0 bridgehead atoms. The summed E-state index contributed by atoms with van der Waals surface area (Å²) in [5, 5.41) is 10.6. The van der Waals surface area contributed by atoms with Gasteiger partial charge in [-0.1, -0.05) is 312 Å². The van der Waals surface area contributed by atoms with Crippen molar-refractivity contribution < 1.29 is 80.2 Å². The number of phosphoric ester groups is 2. The first kappa shape index (κ1) is 90.1. The van der Waals surface area contributed by atoms with E-state index in [2.05, 4.69) is 55.4 Å². The zero-order valence-corrected chi connectivity index (χ0v) is 62.0. The summed E-state index contributed by atoms with van der Waals surface area (Å²) in [6, 6.07) is 0. The first-order valence-electron chi connectivity index (χ1n) is 37.7. The predicted octanol–water partition coefficient (Wildman–Crippen LogP) is 20.9. The van der Waals surface area contributed by atoms with Crippen LogP contribution in [0.1, 0.15) is 364 Å². The van der Waals surface area contributed by atoms with Crippen LogP contribution in [-0.2, 0) is 65.4 Å². The third-order valence-corrected chi connectivity index (χ3v) is 19.1. The first-order chi connectivity index (χ1) is 44.1. The fourth-order valence-electron chi connectivity index (χ4n) is 11.0. The van der Waals surface area contributed by atoms with Gasteiger partial charge in [-0.2, -0.15) is 0 Å². The Bertz CT molecular complexity index is 1820. The molecule has 0 saturated heterocycles. The van der Waals surface area contributed by atoms with Gasteiger partial charge in [0, 0.05) is 25.7 Å². The Hall–Kier alpha value is -1.94. The van der Waals surface area contributed by atoms with Gasteiger partial charge in [-0.3, -0.25) is 37.3 Å². The molecule has 0 fully saturated rings. The number of hydrogen-bond donors (Lipinski definition) is 3. The van der Waals surface area contributed by atoms with Gasteiger partial charge in [0.15, 0.2) is 12.2 Å². The standard InChI is InChI=1S/C73H142O17P2/c1-9-66(8)52-44-36-28-20-15-16-22-30-39-47-55-72(77)89-68(59-83-70(75)53-45-37-29-21-14-12-10-11-13-18-25-33-41-49-63(2)3)61-87-91(79,80)85-57-67(74)58-86-92(81,82)88-62-69(60-84-71(76)54-46-38-32-24-27-35-43-51-65(6)7)90-73(78)56-48-40-31-23-17-19-26-34-42-50-64(4)5/h63-69,74H,9-62H2,1-8H3,(H,79,80)(H,81,82)/t66?,67?,68-,69-/m1/s1. The predicted molar refractivity (Wildman–Crippen MR) is 372 cm³/mol. The van der Waals surface area contributed by atoms with Gasteiger partial charge in [-0.15, -0.1) is 0 Å². The molecule has 546 valence electrons. The van der Waals surface area contributed by atoms with Crippen molar-refractivity contribution in [3.05, 3.63) is 0 Å². The largest absolute Gasteiger partial charge is 0.472 e.